The summed E-state index contributed by atoms with van der Waals surface area (Å²) in [6.45, 7) is 0.125. The minimum atomic E-state index is -1.31. The molecule has 3 nitrogen and oxygen atoms in total. The number of carbonyl (C=O) groups is 2. The number of carbonyl (C=O) groups excluding carboxylic acids is 2. The summed E-state index contributed by atoms with van der Waals surface area (Å²) < 4.78 is 7.48. The van der Waals surface area contributed by atoms with Gasteiger partial charge in [-0.3, -0.25) is 9.59 Å². The second-order valence-electron chi connectivity index (χ2n) is 8.10. The van der Waals surface area contributed by atoms with Crippen LogP contribution in [0.4, 0.5) is 0 Å². The third kappa shape index (κ3) is 6.68. The van der Waals surface area contributed by atoms with Crippen LogP contribution < -0.4 is 0 Å². The molecule has 3 fully saturated rings. The van der Waals surface area contributed by atoms with Crippen LogP contribution in [-0.2, 0) is 14.3 Å². The maximum atomic E-state index is 8.95. The molecule has 0 aliphatic heterocycles. The van der Waals surface area contributed by atoms with Crippen LogP contribution in [0.1, 0.15) is 96.3 Å². The zero-order valence-corrected chi connectivity index (χ0v) is 18.6. The molecular formula is C20H36O3Sn. The molecule has 138 valence electrons. The maximum Gasteiger partial charge on any atom is 0.300 e. The SMILES string of the molecule is C1CC[CH]([SnH]([CH]2CCCCC2)[CH]2CCCCC2)CC1.O=COC=O. The molecule has 0 heterocycles. The molecule has 0 aromatic heterocycles. The molecule has 0 atom stereocenters. The van der Waals surface area contributed by atoms with E-state index in [1.165, 1.54) is 11.8 Å². The van der Waals surface area contributed by atoms with Crippen molar-refractivity contribution in [3.63, 3.8) is 0 Å². The van der Waals surface area contributed by atoms with Crippen molar-refractivity contribution in [3.8, 4) is 0 Å². The van der Waals surface area contributed by atoms with E-state index in [1.807, 2.05) is 0 Å². The third-order valence-electron chi connectivity index (χ3n) is 6.69. The molecule has 3 aliphatic carbocycles. The smallest absolute Gasteiger partial charge is 0.300 e. The fraction of sp³-hybridized carbons (Fsp3) is 0.900. The van der Waals surface area contributed by atoms with Crippen LogP contribution in [0.25, 0.3) is 0 Å². The number of hydrogen-bond donors (Lipinski definition) is 0. The van der Waals surface area contributed by atoms with E-state index in [2.05, 4.69) is 4.74 Å². The van der Waals surface area contributed by atoms with Crippen molar-refractivity contribution < 1.29 is 14.3 Å². The molecule has 4 heteroatoms. The number of rotatable bonds is 5. The number of ether oxygens (including phenoxy) is 1. The van der Waals surface area contributed by atoms with Crippen molar-refractivity contribution >= 4 is 32.7 Å². The second-order valence-corrected chi connectivity index (χ2v) is 19.5. The summed E-state index contributed by atoms with van der Waals surface area (Å²) in [5.74, 6) is 0. The molecule has 0 spiro atoms. The van der Waals surface area contributed by atoms with Gasteiger partial charge in [0.2, 0.25) is 0 Å². The van der Waals surface area contributed by atoms with E-state index in [4.69, 9.17) is 9.59 Å². The molecular weight excluding hydrogens is 407 g/mol. The first-order valence-corrected chi connectivity index (χ1v) is 16.1. The molecule has 0 radical (unpaired) electrons. The van der Waals surface area contributed by atoms with Gasteiger partial charge >= 0.3 is 141 Å². The molecule has 0 aromatic carbocycles. The Morgan fingerprint density at radius 1 is 0.542 bits per heavy atom. The molecule has 0 unspecified atom stereocenters. The largest absolute Gasteiger partial charge is 0.398 e. The zero-order valence-electron chi connectivity index (χ0n) is 15.3. The molecule has 0 N–H and O–H groups in total. The van der Waals surface area contributed by atoms with E-state index >= 15 is 0 Å². The van der Waals surface area contributed by atoms with Gasteiger partial charge in [0, 0.05) is 0 Å². The van der Waals surface area contributed by atoms with E-state index in [-0.39, 0.29) is 12.9 Å². The molecule has 3 rings (SSSR count). The van der Waals surface area contributed by atoms with Gasteiger partial charge in [0.1, 0.15) is 0 Å². The van der Waals surface area contributed by atoms with Crippen molar-refractivity contribution in [2.45, 2.75) is 108 Å². The van der Waals surface area contributed by atoms with Crippen molar-refractivity contribution in [1.82, 2.24) is 0 Å². The average Bonchev–Trinajstić information content (AvgIpc) is 2.66. The van der Waals surface area contributed by atoms with Gasteiger partial charge in [-0.05, 0) is 0 Å². The van der Waals surface area contributed by atoms with Crippen LogP contribution in [0.2, 0.25) is 11.8 Å². The standard InChI is InChI=1S/3C6H11.C2H2O3.Sn.H/c3*1-2-4-6-5-3-1;3-1-5-2-4;;/h3*1H,2-6H2;1-2H;;. The average molecular weight is 443 g/mol. The molecule has 3 saturated carbocycles. The van der Waals surface area contributed by atoms with Gasteiger partial charge in [-0.15, -0.1) is 0 Å². The predicted molar refractivity (Wildman–Crippen MR) is 101 cm³/mol. The Bertz CT molecular complexity index is 294. The first-order chi connectivity index (χ1) is 11.9. The van der Waals surface area contributed by atoms with E-state index in [1.54, 1.807) is 96.3 Å². The molecule has 0 saturated heterocycles. The van der Waals surface area contributed by atoms with Gasteiger partial charge in [-0.25, -0.2) is 0 Å². The van der Waals surface area contributed by atoms with Crippen LogP contribution in [0, 0.1) is 0 Å². The Kier molecular flexibility index (Phi) is 10.4. The van der Waals surface area contributed by atoms with Crippen molar-refractivity contribution in [1.29, 1.82) is 0 Å². The summed E-state index contributed by atoms with van der Waals surface area (Å²) in [5.41, 5.74) is 0. The zero-order chi connectivity index (χ0) is 17.0. The van der Waals surface area contributed by atoms with Gasteiger partial charge in [0.15, 0.2) is 0 Å². The van der Waals surface area contributed by atoms with Gasteiger partial charge in [-0.2, -0.15) is 0 Å². The summed E-state index contributed by atoms with van der Waals surface area (Å²) in [7, 11) is 0. The fourth-order valence-corrected chi connectivity index (χ4v) is 23.0. The summed E-state index contributed by atoms with van der Waals surface area (Å²) in [4.78, 5) is 17.9. The van der Waals surface area contributed by atoms with E-state index in [0.717, 1.165) is 0 Å². The van der Waals surface area contributed by atoms with E-state index in [0.29, 0.717) is 0 Å². The minimum Gasteiger partial charge on any atom is -0.398 e. The minimum absolute atomic E-state index is 0.0625. The van der Waals surface area contributed by atoms with Crippen molar-refractivity contribution in [3.05, 3.63) is 0 Å². The van der Waals surface area contributed by atoms with Crippen LogP contribution in [0.5, 0.6) is 0 Å². The Labute approximate surface area is 155 Å². The topological polar surface area (TPSA) is 43.4 Å². The molecule has 0 amide bonds. The van der Waals surface area contributed by atoms with Crippen LogP contribution in [0.15, 0.2) is 0 Å². The predicted octanol–water partition coefficient (Wildman–Crippen LogP) is 5.53. The Morgan fingerprint density at radius 3 is 1.04 bits per heavy atom. The summed E-state index contributed by atoms with van der Waals surface area (Å²) in [6.07, 6.45) is 24.3. The molecule has 0 aromatic rings. The van der Waals surface area contributed by atoms with Gasteiger partial charge < -0.3 is 4.74 Å². The molecule has 24 heavy (non-hydrogen) atoms. The van der Waals surface area contributed by atoms with E-state index in [9.17, 15) is 0 Å². The van der Waals surface area contributed by atoms with Gasteiger partial charge in [0.05, 0.1) is 0 Å². The normalized spacial score (nSPS) is 24.0. The first-order valence-electron chi connectivity index (χ1n) is 10.4. The Hall–Kier alpha value is -0.0613. The van der Waals surface area contributed by atoms with Crippen LogP contribution >= 0.6 is 0 Å². The Morgan fingerprint density at radius 2 is 0.833 bits per heavy atom. The molecule has 3 aliphatic rings. The number of hydrogen-bond acceptors (Lipinski definition) is 3. The van der Waals surface area contributed by atoms with Crippen molar-refractivity contribution in [2.24, 2.45) is 0 Å². The quantitative estimate of drug-likeness (QED) is 0.319. The Balaban J connectivity index is 0.000000368. The van der Waals surface area contributed by atoms with E-state index < -0.39 is 19.8 Å². The summed E-state index contributed by atoms with van der Waals surface area (Å²) in [6, 6.07) is 0. The molecule has 0 bridgehead atoms. The van der Waals surface area contributed by atoms with Crippen LogP contribution in [-0.4, -0.2) is 32.7 Å². The third-order valence-corrected chi connectivity index (χ3v) is 21.7. The first kappa shape index (κ1) is 20.3. The van der Waals surface area contributed by atoms with Crippen molar-refractivity contribution in [2.75, 3.05) is 0 Å². The second kappa shape index (κ2) is 12.3. The van der Waals surface area contributed by atoms with Crippen LogP contribution in [0.3, 0.4) is 0 Å². The monoisotopic (exact) mass is 444 g/mol. The maximum absolute atomic E-state index is 8.95. The van der Waals surface area contributed by atoms with Gasteiger partial charge in [0.25, 0.3) is 0 Å². The summed E-state index contributed by atoms with van der Waals surface area (Å²) >= 11 is -1.31. The van der Waals surface area contributed by atoms with Gasteiger partial charge in [-0.1, -0.05) is 0 Å². The fourth-order valence-electron chi connectivity index (χ4n) is 5.73. The summed E-state index contributed by atoms with van der Waals surface area (Å²) in [5, 5.41) is 0.